The first-order valence-corrected chi connectivity index (χ1v) is 9.95. The van der Waals surface area contributed by atoms with E-state index in [4.69, 9.17) is 10.1 Å². The summed E-state index contributed by atoms with van der Waals surface area (Å²) in [5, 5.41) is 13.1. The molecule has 164 valence electrons. The lowest BCUT2D eigenvalue weighted by Crippen LogP contribution is -2.42. The molecule has 2 aliphatic rings. The van der Waals surface area contributed by atoms with Gasteiger partial charge in [0.25, 0.3) is 5.91 Å². The zero-order chi connectivity index (χ0) is 21.7. The molecule has 7 nitrogen and oxygen atoms in total. The van der Waals surface area contributed by atoms with Crippen molar-refractivity contribution in [3.05, 3.63) is 35.2 Å². The van der Waals surface area contributed by atoms with Gasteiger partial charge in [0.05, 0.1) is 19.1 Å². The van der Waals surface area contributed by atoms with Crippen molar-refractivity contribution < 1.29 is 22.7 Å². The second kappa shape index (κ2) is 9.46. The average Bonchev–Trinajstić information content (AvgIpc) is 2.96. The molecule has 3 N–H and O–H groups in total. The maximum atomic E-state index is 13.2. The SMILES string of the molecule is CN/C=C\C(=N)NC(=O)c1cc(N2CCCC(C(F)(F)F)C2)nc2c1CCOCC2. The van der Waals surface area contributed by atoms with Gasteiger partial charge in [-0.15, -0.1) is 0 Å². The van der Waals surface area contributed by atoms with Crippen molar-refractivity contribution in [2.24, 2.45) is 5.92 Å². The number of ether oxygens (including phenoxy) is 1. The third-order valence-corrected chi connectivity index (χ3v) is 5.29. The maximum Gasteiger partial charge on any atom is 0.393 e. The number of carbonyl (C=O) groups excluding carboxylic acids is 1. The summed E-state index contributed by atoms with van der Waals surface area (Å²) in [6.45, 7) is 1.16. The van der Waals surface area contributed by atoms with Crippen LogP contribution >= 0.6 is 0 Å². The summed E-state index contributed by atoms with van der Waals surface area (Å²) in [7, 11) is 1.67. The number of hydrogen-bond donors (Lipinski definition) is 3. The number of anilines is 1. The number of carbonyl (C=O) groups is 1. The number of amidine groups is 1. The van der Waals surface area contributed by atoms with E-state index in [1.54, 1.807) is 18.0 Å². The number of nitrogens with one attached hydrogen (secondary N) is 3. The summed E-state index contributed by atoms with van der Waals surface area (Å²) in [4.78, 5) is 19.1. The van der Waals surface area contributed by atoms with E-state index in [2.05, 4.69) is 15.6 Å². The summed E-state index contributed by atoms with van der Waals surface area (Å²) in [5.74, 6) is -1.62. The molecule has 3 rings (SSSR count). The van der Waals surface area contributed by atoms with Crippen molar-refractivity contribution in [3.63, 3.8) is 0 Å². The second-order valence-electron chi connectivity index (χ2n) is 7.38. The lowest BCUT2D eigenvalue weighted by Gasteiger charge is -2.35. The number of pyridine rings is 1. The molecular weight excluding hydrogens is 399 g/mol. The highest BCUT2D eigenvalue weighted by molar-refractivity contribution is 6.10. The fraction of sp³-hybridized carbons (Fsp3) is 0.550. The largest absolute Gasteiger partial charge is 0.394 e. The zero-order valence-electron chi connectivity index (χ0n) is 16.8. The van der Waals surface area contributed by atoms with Crippen LogP contribution in [-0.2, 0) is 17.6 Å². The summed E-state index contributed by atoms with van der Waals surface area (Å²) in [6, 6.07) is 1.55. The lowest BCUT2D eigenvalue weighted by atomic mass is 9.96. The number of rotatable bonds is 4. The molecule has 1 aromatic rings. The van der Waals surface area contributed by atoms with E-state index in [1.807, 2.05) is 0 Å². The summed E-state index contributed by atoms with van der Waals surface area (Å²) < 4.78 is 45.2. The highest BCUT2D eigenvalue weighted by Crippen LogP contribution is 2.35. The number of piperidine rings is 1. The fourth-order valence-electron chi connectivity index (χ4n) is 3.76. The van der Waals surface area contributed by atoms with E-state index < -0.39 is 18.0 Å². The smallest absolute Gasteiger partial charge is 0.393 e. The molecule has 0 aliphatic carbocycles. The summed E-state index contributed by atoms with van der Waals surface area (Å²) in [6.07, 6.45) is 0.134. The molecule has 1 aromatic heterocycles. The molecule has 0 radical (unpaired) electrons. The van der Waals surface area contributed by atoms with Gasteiger partial charge in [-0.1, -0.05) is 0 Å². The molecule has 10 heteroatoms. The average molecular weight is 425 g/mol. The number of alkyl halides is 3. The van der Waals surface area contributed by atoms with Gasteiger partial charge in [-0.05, 0) is 43.2 Å². The number of aromatic nitrogens is 1. The minimum absolute atomic E-state index is 0.0959. The first-order valence-electron chi connectivity index (χ1n) is 9.95. The van der Waals surface area contributed by atoms with Crippen LogP contribution in [0.3, 0.4) is 0 Å². The van der Waals surface area contributed by atoms with Gasteiger partial charge >= 0.3 is 6.18 Å². The van der Waals surface area contributed by atoms with Crippen molar-refractivity contribution in [1.82, 2.24) is 15.6 Å². The van der Waals surface area contributed by atoms with Gasteiger partial charge < -0.3 is 20.3 Å². The monoisotopic (exact) mass is 425 g/mol. The first kappa shape index (κ1) is 22.1. The maximum absolute atomic E-state index is 13.2. The molecule has 0 aromatic carbocycles. The van der Waals surface area contributed by atoms with E-state index in [1.165, 1.54) is 12.3 Å². The Morgan fingerprint density at radius 2 is 2.13 bits per heavy atom. The molecule has 1 atom stereocenters. The minimum Gasteiger partial charge on any atom is -0.394 e. The van der Waals surface area contributed by atoms with Crippen LogP contribution in [-0.4, -0.2) is 56.3 Å². The zero-order valence-corrected chi connectivity index (χ0v) is 16.8. The Hall–Kier alpha value is -2.62. The Morgan fingerprint density at radius 1 is 1.37 bits per heavy atom. The van der Waals surface area contributed by atoms with Crippen LogP contribution in [0, 0.1) is 11.3 Å². The predicted octanol–water partition coefficient (Wildman–Crippen LogP) is 2.42. The van der Waals surface area contributed by atoms with Crippen LogP contribution in [0.4, 0.5) is 19.0 Å². The van der Waals surface area contributed by atoms with Gasteiger partial charge in [0.2, 0.25) is 0 Å². The van der Waals surface area contributed by atoms with Crippen LogP contribution in [0.5, 0.6) is 0 Å². The Kier molecular flexibility index (Phi) is 6.96. The van der Waals surface area contributed by atoms with Crippen LogP contribution in [0.25, 0.3) is 0 Å². The van der Waals surface area contributed by atoms with Crippen LogP contribution in [0.15, 0.2) is 18.3 Å². The van der Waals surface area contributed by atoms with Gasteiger partial charge in [0.1, 0.15) is 11.7 Å². The standard InChI is InChI=1S/C20H26F3N5O2/c1-25-7-4-17(24)27-19(29)15-11-18(26-16-6-10-30-9-5-14(15)16)28-8-2-3-13(12-28)20(21,22)23/h4,7,11,13,25H,2-3,5-6,8-10,12H2,1H3,(H2,24,27,29)/b7-4-. The second-order valence-corrected chi connectivity index (χ2v) is 7.38. The molecule has 2 aliphatic heterocycles. The Bertz CT molecular complexity index is 825. The molecule has 1 unspecified atom stereocenters. The van der Waals surface area contributed by atoms with Gasteiger partial charge in [-0.2, -0.15) is 13.2 Å². The minimum atomic E-state index is -4.26. The Labute approximate surface area is 173 Å². The summed E-state index contributed by atoms with van der Waals surface area (Å²) >= 11 is 0. The number of fused-ring (bicyclic) bond motifs is 1. The van der Waals surface area contributed by atoms with Crippen molar-refractivity contribution >= 4 is 17.6 Å². The number of halogens is 3. The Balaban J connectivity index is 1.92. The molecule has 3 heterocycles. The van der Waals surface area contributed by atoms with Gasteiger partial charge in [-0.3, -0.25) is 10.2 Å². The van der Waals surface area contributed by atoms with Crippen LogP contribution < -0.4 is 15.5 Å². The van der Waals surface area contributed by atoms with Crippen molar-refractivity contribution in [2.75, 3.05) is 38.3 Å². The van der Waals surface area contributed by atoms with Crippen molar-refractivity contribution in [2.45, 2.75) is 31.9 Å². The fourth-order valence-corrected chi connectivity index (χ4v) is 3.76. The van der Waals surface area contributed by atoms with Crippen LogP contribution in [0.2, 0.25) is 0 Å². The van der Waals surface area contributed by atoms with Crippen molar-refractivity contribution in [1.29, 1.82) is 5.41 Å². The van der Waals surface area contributed by atoms with E-state index in [-0.39, 0.29) is 18.8 Å². The lowest BCUT2D eigenvalue weighted by molar-refractivity contribution is -0.176. The molecule has 1 saturated heterocycles. The first-order chi connectivity index (χ1) is 14.3. The van der Waals surface area contributed by atoms with E-state index in [0.717, 1.165) is 5.56 Å². The quantitative estimate of drug-likeness (QED) is 0.509. The molecule has 30 heavy (non-hydrogen) atoms. The number of amides is 1. The van der Waals surface area contributed by atoms with Gasteiger partial charge in [-0.25, -0.2) is 4.98 Å². The predicted molar refractivity (Wildman–Crippen MR) is 107 cm³/mol. The topological polar surface area (TPSA) is 90.3 Å². The van der Waals surface area contributed by atoms with E-state index in [0.29, 0.717) is 56.1 Å². The van der Waals surface area contributed by atoms with Gasteiger partial charge in [0.15, 0.2) is 0 Å². The van der Waals surface area contributed by atoms with E-state index in [9.17, 15) is 18.0 Å². The molecular formula is C20H26F3N5O2. The highest BCUT2D eigenvalue weighted by Gasteiger charge is 2.42. The normalized spacial score (nSPS) is 19.9. The van der Waals surface area contributed by atoms with Crippen LogP contribution in [0.1, 0.15) is 34.5 Å². The molecule has 0 bridgehead atoms. The molecule has 1 fully saturated rings. The number of nitrogens with zero attached hydrogens (tertiary/aromatic N) is 2. The number of hydrogen-bond acceptors (Lipinski definition) is 6. The highest BCUT2D eigenvalue weighted by atomic mass is 19.4. The van der Waals surface area contributed by atoms with E-state index >= 15 is 0 Å². The van der Waals surface area contributed by atoms with Gasteiger partial charge in [0, 0.05) is 37.8 Å². The Morgan fingerprint density at radius 3 is 2.87 bits per heavy atom. The summed E-state index contributed by atoms with van der Waals surface area (Å²) in [5.41, 5.74) is 1.72. The van der Waals surface area contributed by atoms with Crippen molar-refractivity contribution in [3.8, 4) is 0 Å². The molecule has 0 spiro atoms. The third kappa shape index (κ3) is 5.29. The third-order valence-electron chi connectivity index (χ3n) is 5.29. The molecule has 1 amide bonds. The molecule has 0 saturated carbocycles.